The van der Waals surface area contributed by atoms with Gasteiger partial charge in [0.1, 0.15) is 0 Å². The molecule has 0 heterocycles. The minimum absolute atomic E-state index is 0.535. The molecular formula is C17H30N2. The van der Waals surface area contributed by atoms with Gasteiger partial charge in [0.25, 0.3) is 0 Å². The Morgan fingerprint density at radius 3 is 2.37 bits per heavy atom. The van der Waals surface area contributed by atoms with Gasteiger partial charge >= 0.3 is 0 Å². The van der Waals surface area contributed by atoms with Gasteiger partial charge in [-0.15, -0.1) is 0 Å². The Morgan fingerprint density at radius 2 is 1.84 bits per heavy atom. The molecule has 0 unspecified atom stereocenters. The van der Waals surface area contributed by atoms with Crippen LogP contribution in [0.4, 0.5) is 5.69 Å². The summed E-state index contributed by atoms with van der Waals surface area (Å²) in [7, 11) is 2.18. The second kappa shape index (κ2) is 7.54. The standard InChI is InChI=1S/C17H30N2/c1-13(2)9-10-19(6)17-8-7-16(15(5)11-17)12-18-14(3)4/h7-8,11,13-14,18H,9-10,12H2,1-6H3. The van der Waals surface area contributed by atoms with Crippen molar-refractivity contribution in [1.29, 1.82) is 0 Å². The topological polar surface area (TPSA) is 15.3 Å². The fourth-order valence-electron chi connectivity index (χ4n) is 2.01. The Morgan fingerprint density at radius 1 is 1.16 bits per heavy atom. The molecule has 0 saturated heterocycles. The number of nitrogens with zero attached hydrogens (tertiary/aromatic N) is 1. The summed E-state index contributed by atoms with van der Waals surface area (Å²) in [5.41, 5.74) is 4.10. The lowest BCUT2D eigenvalue weighted by Crippen LogP contribution is -2.23. The Labute approximate surface area is 119 Å². The molecule has 1 N–H and O–H groups in total. The number of hydrogen-bond acceptors (Lipinski definition) is 2. The highest BCUT2D eigenvalue weighted by Crippen LogP contribution is 2.19. The number of anilines is 1. The molecule has 1 rings (SSSR count). The van der Waals surface area contributed by atoms with Gasteiger partial charge < -0.3 is 10.2 Å². The van der Waals surface area contributed by atoms with Crippen molar-refractivity contribution in [3.05, 3.63) is 29.3 Å². The van der Waals surface area contributed by atoms with E-state index in [4.69, 9.17) is 0 Å². The van der Waals surface area contributed by atoms with Crippen LogP contribution in [0.1, 0.15) is 45.2 Å². The van der Waals surface area contributed by atoms with E-state index < -0.39 is 0 Å². The first-order chi connectivity index (χ1) is 8.90. The van der Waals surface area contributed by atoms with Crippen LogP contribution >= 0.6 is 0 Å². The molecule has 0 saturated carbocycles. The van der Waals surface area contributed by atoms with Gasteiger partial charge in [0.2, 0.25) is 0 Å². The van der Waals surface area contributed by atoms with Gasteiger partial charge in [-0.25, -0.2) is 0 Å². The van der Waals surface area contributed by atoms with E-state index in [2.05, 4.69) is 70.1 Å². The molecular weight excluding hydrogens is 232 g/mol. The van der Waals surface area contributed by atoms with Crippen molar-refractivity contribution >= 4 is 5.69 Å². The second-order valence-corrected chi connectivity index (χ2v) is 6.25. The average Bonchev–Trinajstić information content (AvgIpc) is 2.34. The number of rotatable bonds is 7. The SMILES string of the molecule is Cc1cc(N(C)CCC(C)C)ccc1CNC(C)C. The highest BCUT2D eigenvalue weighted by Gasteiger charge is 2.05. The Kier molecular flexibility index (Phi) is 6.36. The lowest BCUT2D eigenvalue weighted by Gasteiger charge is -2.22. The van der Waals surface area contributed by atoms with Crippen molar-refractivity contribution in [1.82, 2.24) is 5.32 Å². The van der Waals surface area contributed by atoms with Gasteiger partial charge in [0, 0.05) is 31.9 Å². The third-order valence-corrected chi connectivity index (χ3v) is 3.51. The maximum absolute atomic E-state index is 3.48. The average molecular weight is 262 g/mol. The molecule has 0 aliphatic carbocycles. The molecule has 0 atom stereocenters. The van der Waals surface area contributed by atoms with Crippen molar-refractivity contribution in [2.75, 3.05) is 18.5 Å². The van der Waals surface area contributed by atoms with Crippen molar-refractivity contribution < 1.29 is 0 Å². The first-order valence-corrected chi connectivity index (χ1v) is 7.44. The first kappa shape index (κ1) is 16.0. The fraction of sp³-hybridized carbons (Fsp3) is 0.647. The van der Waals surface area contributed by atoms with Gasteiger partial charge in [-0.05, 0) is 42.5 Å². The zero-order valence-electron chi connectivity index (χ0n) is 13.5. The van der Waals surface area contributed by atoms with Crippen LogP contribution in [0, 0.1) is 12.8 Å². The largest absolute Gasteiger partial charge is 0.375 e. The third-order valence-electron chi connectivity index (χ3n) is 3.51. The van der Waals surface area contributed by atoms with Gasteiger partial charge in [0.15, 0.2) is 0 Å². The Hall–Kier alpha value is -1.02. The molecule has 108 valence electrons. The van der Waals surface area contributed by atoms with Gasteiger partial charge in [-0.1, -0.05) is 33.8 Å². The lowest BCUT2D eigenvalue weighted by atomic mass is 10.1. The summed E-state index contributed by atoms with van der Waals surface area (Å²) in [5.74, 6) is 0.762. The highest BCUT2D eigenvalue weighted by atomic mass is 15.1. The fourth-order valence-corrected chi connectivity index (χ4v) is 2.01. The molecule has 0 aliphatic heterocycles. The molecule has 1 aromatic carbocycles. The first-order valence-electron chi connectivity index (χ1n) is 7.44. The number of aryl methyl sites for hydroxylation is 1. The number of hydrogen-bond donors (Lipinski definition) is 1. The van der Waals surface area contributed by atoms with Crippen molar-refractivity contribution in [2.45, 2.75) is 53.6 Å². The summed E-state index contributed by atoms with van der Waals surface area (Å²) in [6, 6.07) is 7.33. The van der Waals surface area contributed by atoms with E-state index in [9.17, 15) is 0 Å². The number of nitrogens with one attached hydrogen (secondary N) is 1. The van der Waals surface area contributed by atoms with E-state index in [1.807, 2.05) is 0 Å². The van der Waals surface area contributed by atoms with Crippen LogP contribution in [0.15, 0.2) is 18.2 Å². The van der Waals surface area contributed by atoms with Crippen LogP contribution in [-0.4, -0.2) is 19.6 Å². The Bertz CT molecular complexity index is 383. The Balaban J connectivity index is 2.65. The summed E-state index contributed by atoms with van der Waals surface area (Å²) < 4.78 is 0. The molecule has 0 fully saturated rings. The smallest absolute Gasteiger partial charge is 0.0366 e. The molecule has 0 bridgehead atoms. The second-order valence-electron chi connectivity index (χ2n) is 6.25. The highest BCUT2D eigenvalue weighted by molar-refractivity contribution is 5.50. The van der Waals surface area contributed by atoms with E-state index in [0.717, 1.165) is 19.0 Å². The molecule has 2 heteroatoms. The summed E-state index contributed by atoms with van der Waals surface area (Å²) in [6.07, 6.45) is 1.24. The van der Waals surface area contributed by atoms with E-state index >= 15 is 0 Å². The van der Waals surface area contributed by atoms with E-state index in [1.54, 1.807) is 0 Å². The maximum Gasteiger partial charge on any atom is 0.0366 e. The molecule has 0 amide bonds. The summed E-state index contributed by atoms with van der Waals surface area (Å²) in [6.45, 7) is 13.2. The van der Waals surface area contributed by atoms with Gasteiger partial charge in [0.05, 0.1) is 0 Å². The van der Waals surface area contributed by atoms with Gasteiger partial charge in [-0.3, -0.25) is 0 Å². The minimum atomic E-state index is 0.535. The van der Waals surface area contributed by atoms with Crippen molar-refractivity contribution in [2.24, 2.45) is 5.92 Å². The quantitative estimate of drug-likeness (QED) is 0.799. The van der Waals surface area contributed by atoms with Crippen molar-refractivity contribution in [3.63, 3.8) is 0 Å². The molecule has 2 nitrogen and oxygen atoms in total. The van der Waals surface area contributed by atoms with Crippen LogP contribution in [0.25, 0.3) is 0 Å². The van der Waals surface area contributed by atoms with E-state index in [-0.39, 0.29) is 0 Å². The maximum atomic E-state index is 3.48. The van der Waals surface area contributed by atoms with Crippen LogP contribution in [-0.2, 0) is 6.54 Å². The third kappa shape index (κ3) is 5.65. The molecule has 1 aromatic rings. The van der Waals surface area contributed by atoms with E-state index in [0.29, 0.717) is 6.04 Å². The predicted octanol–water partition coefficient (Wildman–Crippen LogP) is 3.98. The molecule has 0 radical (unpaired) electrons. The summed E-state index contributed by atoms with van der Waals surface area (Å²) >= 11 is 0. The zero-order chi connectivity index (χ0) is 14.4. The van der Waals surface area contributed by atoms with Crippen LogP contribution < -0.4 is 10.2 Å². The number of benzene rings is 1. The monoisotopic (exact) mass is 262 g/mol. The van der Waals surface area contributed by atoms with Crippen molar-refractivity contribution in [3.8, 4) is 0 Å². The van der Waals surface area contributed by atoms with Gasteiger partial charge in [-0.2, -0.15) is 0 Å². The minimum Gasteiger partial charge on any atom is -0.375 e. The molecule has 0 spiro atoms. The van der Waals surface area contributed by atoms with Crippen LogP contribution in [0.3, 0.4) is 0 Å². The lowest BCUT2D eigenvalue weighted by molar-refractivity contribution is 0.584. The summed E-state index contributed by atoms with van der Waals surface area (Å²) in [5, 5.41) is 3.48. The molecule has 0 aliphatic rings. The van der Waals surface area contributed by atoms with Crippen LogP contribution in [0.2, 0.25) is 0 Å². The molecule has 0 aromatic heterocycles. The summed E-state index contributed by atoms with van der Waals surface area (Å²) in [4.78, 5) is 2.35. The zero-order valence-corrected chi connectivity index (χ0v) is 13.5. The van der Waals surface area contributed by atoms with Crippen LogP contribution in [0.5, 0.6) is 0 Å². The molecule has 19 heavy (non-hydrogen) atoms. The van der Waals surface area contributed by atoms with E-state index in [1.165, 1.54) is 23.2 Å². The normalized spacial score (nSPS) is 11.4. The predicted molar refractivity (Wildman–Crippen MR) is 85.9 cm³/mol.